The minimum absolute atomic E-state index is 0.164. The van der Waals surface area contributed by atoms with Gasteiger partial charge in [0.2, 0.25) is 15.9 Å². The van der Waals surface area contributed by atoms with Crippen LogP contribution in [0.15, 0.2) is 41.3 Å². The van der Waals surface area contributed by atoms with E-state index in [4.69, 9.17) is 0 Å². The van der Waals surface area contributed by atoms with Gasteiger partial charge in [0.25, 0.3) is 0 Å². The fourth-order valence-corrected chi connectivity index (χ4v) is 4.07. The van der Waals surface area contributed by atoms with Gasteiger partial charge in [0, 0.05) is 18.3 Å². The summed E-state index contributed by atoms with van der Waals surface area (Å²) in [6.45, 7) is 1.78. The number of nitrogens with one attached hydrogen (secondary N) is 1. The molecule has 3 rings (SSSR count). The van der Waals surface area contributed by atoms with E-state index < -0.39 is 44.3 Å². The molecule has 0 bridgehead atoms. The highest BCUT2D eigenvalue weighted by Gasteiger charge is 2.36. The lowest BCUT2D eigenvalue weighted by Gasteiger charge is -2.18. The summed E-state index contributed by atoms with van der Waals surface area (Å²) in [4.78, 5) is 13.1. The van der Waals surface area contributed by atoms with E-state index in [-0.39, 0.29) is 13.0 Å². The van der Waals surface area contributed by atoms with Gasteiger partial charge in [-0.1, -0.05) is 0 Å². The van der Waals surface area contributed by atoms with Crippen molar-refractivity contribution in [2.75, 3.05) is 11.4 Å². The highest BCUT2D eigenvalue weighted by molar-refractivity contribution is 7.89. The Morgan fingerprint density at radius 3 is 2.46 bits per heavy atom. The lowest BCUT2D eigenvalue weighted by Crippen LogP contribution is -2.41. The third-order valence-corrected chi connectivity index (χ3v) is 5.64. The average molecular weight is 384 g/mol. The molecule has 2 aromatic rings. The molecule has 138 valence electrons. The second-order valence-corrected chi connectivity index (χ2v) is 7.64. The SMILES string of the molecule is Cc1cc(N2CCC(NS(=O)(=O)c3ccc(F)cc3F)C2=O)ccc1F. The van der Waals surface area contributed by atoms with Crippen molar-refractivity contribution in [3.8, 4) is 0 Å². The number of carbonyl (C=O) groups excluding carboxylic acids is 1. The van der Waals surface area contributed by atoms with Gasteiger partial charge < -0.3 is 4.90 Å². The summed E-state index contributed by atoms with van der Waals surface area (Å²) in [6.07, 6.45) is 0.164. The Morgan fingerprint density at radius 2 is 1.81 bits per heavy atom. The van der Waals surface area contributed by atoms with Crippen LogP contribution >= 0.6 is 0 Å². The van der Waals surface area contributed by atoms with Crippen LogP contribution in [0.4, 0.5) is 18.9 Å². The molecule has 1 aliphatic heterocycles. The molecule has 1 unspecified atom stereocenters. The molecule has 1 heterocycles. The first-order valence-corrected chi connectivity index (χ1v) is 9.22. The quantitative estimate of drug-likeness (QED) is 0.881. The van der Waals surface area contributed by atoms with Crippen molar-refractivity contribution in [2.24, 2.45) is 0 Å². The first kappa shape index (κ1) is 18.4. The second kappa shape index (κ2) is 6.73. The maximum Gasteiger partial charge on any atom is 0.245 e. The minimum atomic E-state index is -4.34. The van der Waals surface area contributed by atoms with E-state index in [9.17, 15) is 26.4 Å². The summed E-state index contributed by atoms with van der Waals surface area (Å²) < 4.78 is 66.9. The van der Waals surface area contributed by atoms with E-state index in [0.717, 1.165) is 12.1 Å². The van der Waals surface area contributed by atoms with Crippen molar-refractivity contribution in [3.05, 3.63) is 59.4 Å². The third kappa shape index (κ3) is 3.45. The van der Waals surface area contributed by atoms with E-state index in [2.05, 4.69) is 4.72 Å². The standard InChI is InChI=1S/C17H15F3N2O3S/c1-10-8-12(3-4-13(10)19)22-7-6-15(17(22)23)21-26(24,25)16-5-2-11(18)9-14(16)20/h2-5,8-9,15,21H,6-7H2,1H3. The van der Waals surface area contributed by atoms with Crippen molar-refractivity contribution in [2.45, 2.75) is 24.3 Å². The number of sulfonamides is 1. The predicted octanol–water partition coefficient (Wildman–Crippen LogP) is 2.50. The third-order valence-electron chi connectivity index (χ3n) is 4.14. The van der Waals surface area contributed by atoms with Gasteiger partial charge in [-0.3, -0.25) is 4.79 Å². The van der Waals surface area contributed by atoms with Crippen LogP contribution < -0.4 is 9.62 Å². The zero-order chi connectivity index (χ0) is 19.1. The van der Waals surface area contributed by atoms with E-state index in [1.165, 1.54) is 23.1 Å². The summed E-state index contributed by atoms with van der Waals surface area (Å²) >= 11 is 0. The number of nitrogens with zero attached hydrogens (tertiary/aromatic N) is 1. The lowest BCUT2D eigenvalue weighted by atomic mass is 10.2. The number of benzene rings is 2. The van der Waals surface area contributed by atoms with E-state index in [0.29, 0.717) is 17.3 Å². The van der Waals surface area contributed by atoms with Crippen LogP contribution in [-0.4, -0.2) is 26.9 Å². The van der Waals surface area contributed by atoms with Crippen LogP contribution in [0, 0.1) is 24.4 Å². The van der Waals surface area contributed by atoms with Crippen LogP contribution in [0.2, 0.25) is 0 Å². The van der Waals surface area contributed by atoms with Gasteiger partial charge in [-0.05, 0) is 49.2 Å². The highest BCUT2D eigenvalue weighted by atomic mass is 32.2. The molecule has 0 radical (unpaired) electrons. The van der Waals surface area contributed by atoms with E-state index >= 15 is 0 Å². The summed E-state index contributed by atoms with van der Waals surface area (Å²) in [5.41, 5.74) is 0.802. The number of amides is 1. The zero-order valence-electron chi connectivity index (χ0n) is 13.7. The smallest absolute Gasteiger partial charge is 0.245 e. The topological polar surface area (TPSA) is 66.5 Å². The van der Waals surface area contributed by atoms with Crippen LogP contribution in [0.5, 0.6) is 0 Å². The molecule has 1 amide bonds. The second-order valence-electron chi connectivity index (χ2n) is 5.96. The molecule has 0 aromatic heterocycles. The largest absolute Gasteiger partial charge is 0.311 e. The zero-order valence-corrected chi connectivity index (χ0v) is 14.5. The molecular weight excluding hydrogens is 369 g/mol. The first-order chi connectivity index (χ1) is 12.2. The van der Waals surface area contributed by atoms with E-state index in [1.54, 1.807) is 6.92 Å². The average Bonchev–Trinajstić information content (AvgIpc) is 2.90. The molecule has 0 saturated carbocycles. The first-order valence-electron chi connectivity index (χ1n) is 7.74. The number of aryl methyl sites for hydroxylation is 1. The molecule has 5 nitrogen and oxygen atoms in total. The fourth-order valence-electron chi connectivity index (χ4n) is 2.79. The van der Waals surface area contributed by atoms with Gasteiger partial charge in [-0.25, -0.2) is 21.6 Å². The Bertz CT molecular complexity index is 979. The van der Waals surface area contributed by atoms with Crippen LogP contribution in [-0.2, 0) is 14.8 Å². The van der Waals surface area contributed by atoms with Gasteiger partial charge >= 0.3 is 0 Å². The molecule has 26 heavy (non-hydrogen) atoms. The summed E-state index contributed by atoms with van der Waals surface area (Å²) in [7, 11) is -4.34. The fraction of sp³-hybridized carbons (Fsp3) is 0.235. The van der Waals surface area contributed by atoms with Gasteiger partial charge in [-0.2, -0.15) is 4.72 Å². The van der Waals surface area contributed by atoms with Gasteiger partial charge in [0.15, 0.2) is 0 Å². The Balaban J connectivity index is 1.81. The molecule has 1 atom stereocenters. The Morgan fingerprint density at radius 1 is 1.08 bits per heavy atom. The summed E-state index contributed by atoms with van der Waals surface area (Å²) in [5.74, 6) is -3.09. The van der Waals surface area contributed by atoms with Crippen molar-refractivity contribution < 1.29 is 26.4 Å². The Hall–Kier alpha value is -2.39. The van der Waals surface area contributed by atoms with Gasteiger partial charge in [0.05, 0.1) is 0 Å². The van der Waals surface area contributed by atoms with Crippen molar-refractivity contribution >= 4 is 21.6 Å². The number of rotatable bonds is 4. The molecule has 1 saturated heterocycles. The Labute approximate surface area is 148 Å². The van der Waals surface area contributed by atoms with Crippen molar-refractivity contribution in [1.29, 1.82) is 0 Å². The van der Waals surface area contributed by atoms with Gasteiger partial charge in [0.1, 0.15) is 28.4 Å². The van der Waals surface area contributed by atoms with E-state index in [1.807, 2.05) is 0 Å². The molecular formula is C17H15F3N2O3S. The van der Waals surface area contributed by atoms with Crippen LogP contribution in [0.1, 0.15) is 12.0 Å². The molecule has 1 fully saturated rings. The highest BCUT2D eigenvalue weighted by Crippen LogP contribution is 2.25. The number of anilines is 1. The van der Waals surface area contributed by atoms with Crippen LogP contribution in [0.3, 0.4) is 0 Å². The minimum Gasteiger partial charge on any atom is -0.311 e. The monoisotopic (exact) mass is 384 g/mol. The lowest BCUT2D eigenvalue weighted by molar-refractivity contribution is -0.118. The number of carbonyl (C=O) groups is 1. The normalized spacial score (nSPS) is 17.8. The molecule has 0 spiro atoms. The van der Waals surface area contributed by atoms with Crippen molar-refractivity contribution in [3.63, 3.8) is 0 Å². The number of hydrogen-bond donors (Lipinski definition) is 1. The predicted molar refractivity (Wildman–Crippen MR) is 88.6 cm³/mol. The number of hydrogen-bond acceptors (Lipinski definition) is 3. The molecule has 1 aliphatic rings. The maximum absolute atomic E-state index is 13.8. The maximum atomic E-state index is 13.8. The summed E-state index contributed by atoms with van der Waals surface area (Å²) in [5, 5.41) is 0. The molecule has 9 heteroatoms. The van der Waals surface area contributed by atoms with Crippen LogP contribution in [0.25, 0.3) is 0 Å². The molecule has 2 aromatic carbocycles. The summed E-state index contributed by atoms with van der Waals surface area (Å²) in [6, 6.07) is 5.13. The molecule has 0 aliphatic carbocycles. The number of halogens is 3. The molecule has 1 N–H and O–H groups in total. The Kier molecular flexibility index (Phi) is 4.76. The van der Waals surface area contributed by atoms with Crippen molar-refractivity contribution in [1.82, 2.24) is 4.72 Å². The van der Waals surface area contributed by atoms with Gasteiger partial charge in [-0.15, -0.1) is 0 Å².